The Bertz CT molecular complexity index is 1440. The van der Waals surface area contributed by atoms with Crippen molar-refractivity contribution in [3.05, 3.63) is 92.4 Å². The Labute approximate surface area is 195 Å². The fourth-order valence-electron chi connectivity index (χ4n) is 4.64. The molecule has 9 heteroatoms. The normalized spacial score (nSPS) is 16.3. The van der Waals surface area contributed by atoms with Crippen LogP contribution in [-0.4, -0.2) is 44.4 Å². The van der Waals surface area contributed by atoms with E-state index in [-0.39, 0.29) is 17.4 Å². The zero-order chi connectivity index (χ0) is 23.8. The minimum atomic E-state index is -0.400. The molecule has 5 rings (SSSR count). The lowest BCUT2D eigenvalue weighted by Crippen LogP contribution is -2.52. The van der Waals surface area contributed by atoms with Gasteiger partial charge in [-0.25, -0.2) is 9.18 Å². The van der Waals surface area contributed by atoms with Crippen LogP contribution >= 0.6 is 0 Å². The molecule has 2 aromatic carbocycles. The number of hydrogen-bond donors (Lipinski definition) is 1. The average molecular weight is 463 g/mol. The molecule has 0 amide bonds. The third-order valence-electron chi connectivity index (χ3n) is 6.45. The number of rotatable bonds is 5. The van der Waals surface area contributed by atoms with Crippen LogP contribution in [0, 0.1) is 5.82 Å². The van der Waals surface area contributed by atoms with Gasteiger partial charge in [0.15, 0.2) is 11.2 Å². The SMILES string of the molecule is Cn1c(=O)c2c(nc(N3CCNC(Cc4ccc(F)cc4)C3)n2Cc2ccccc2)n(C)c1=O. The Morgan fingerprint density at radius 1 is 1.00 bits per heavy atom. The van der Waals surface area contributed by atoms with Crippen LogP contribution in [0.3, 0.4) is 0 Å². The first kappa shape index (κ1) is 22.1. The van der Waals surface area contributed by atoms with E-state index >= 15 is 0 Å². The maximum Gasteiger partial charge on any atom is 0.332 e. The van der Waals surface area contributed by atoms with Gasteiger partial charge in [0.1, 0.15) is 5.82 Å². The highest BCUT2D eigenvalue weighted by Crippen LogP contribution is 2.23. The van der Waals surface area contributed by atoms with Crippen molar-refractivity contribution in [3.63, 3.8) is 0 Å². The Balaban J connectivity index is 1.56. The van der Waals surface area contributed by atoms with Crippen LogP contribution in [0.5, 0.6) is 0 Å². The number of piperazine rings is 1. The summed E-state index contributed by atoms with van der Waals surface area (Å²) < 4.78 is 17.8. The van der Waals surface area contributed by atoms with Gasteiger partial charge in [0, 0.05) is 39.8 Å². The zero-order valence-corrected chi connectivity index (χ0v) is 19.2. The minimum Gasteiger partial charge on any atom is -0.339 e. The first-order chi connectivity index (χ1) is 16.4. The van der Waals surface area contributed by atoms with E-state index in [4.69, 9.17) is 4.98 Å². The van der Waals surface area contributed by atoms with Crippen LogP contribution < -0.4 is 21.5 Å². The second kappa shape index (κ2) is 8.90. The summed E-state index contributed by atoms with van der Waals surface area (Å²) in [6, 6.07) is 16.6. The number of aromatic nitrogens is 4. The molecule has 4 aromatic rings. The third-order valence-corrected chi connectivity index (χ3v) is 6.45. The summed E-state index contributed by atoms with van der Waals surface area (Å²) in [6.07, 6.45) is 0.746. The van der Waals surface area contributed by atoms with Gasteiger partial charge in [-0.1, -0.05) is 42.5 Å². The van der Waals surface area contributed by atoms with Crippen LogP contribution in [0.2, 0.25) is 0 Å². The van der Waals surface area contributed by atoms with Crippen molar-refractivity contribution >= 4 is 17.1 Å². The van der Waals surface area contributed by atoms with E-state index in [0.717, 1.165) is 28.7 Å². The summed E-state index contributed by atoms with van der Waals surface area (Å²) in [7, 11) is 3.13. The van der Waals surface area contributed by atoms with Crippen molar-refractivity contribution in [1.82, 2.24) is 24.0 Å². The molecule has 0 spiro atoms. The van der Waals surface area contributed by atoms with E-state index in [0.29, 0.717) is 36.7 Å². The average Bonchev–Trinajstić information content (AvgIpc) is 3.23. The van der Waals surface area contributed by atoms with Crippen LogP contribution in [0.1, 0.15) is 11.1 Å². The summed E-state index contributed by atoms with van der Waals surface area (Å²) in [6.45, 7) is 2.60. The number of aryl methyl sites for hydroxylation is 1. The van der Waals surface area contributed by atoms with E-state index in [1.54, 1.807) is 19.2 Å². The van der Waals surface area contributed by atoms with Crippen molar-refractivity contribution in [2.24, 2.45) is 14.1 Å². The lowest BCUT2D eigenvalue weighted by atomic mass is 10.0. The van der Waals surface area contributed by atoms with Gasteiger partial charge in [-0.05, 0) is 29.7 Å². The molecular formula is C25H27FN6O2. The molecule has 1 unspecified atom stereocenters. The maximum absolute atomic E-state index is 13.3. The van der Waals surface area contributed by atoms with Crippen molar-refractivity contribution in [2.45, 2.75) is 19.0 Å². The number of imidazole rings is 1. The summed E-state index contributed by atoms with van der Waals surface area (Å²) in [4.78, 5) is 32.7. The van der Waals surface area contributed by atoms with Gasteiger partial charge in [-0.15, -0.1) is 0 Å². The smallest absolute Gasteiger partial charge is 0.332 e. The molecule has 0 bridgehead atoms. The van der Waals surface area contributed by atoms with Crippen molar-refractivity contribution in [3.8, 4) is 0 Å². The lowest BCUT2D eigenvalue weighted by molar-refractivity contribution is 0.447. The van der Waals surface area contributed by atoms with E-state index < -0.39 is 5.69 Å². The fourth-order valence-corrected chi connectivity index (χ4v) is 4.64. The summed E-state index contributed by atoms with van der Waals surface area (Å²) >= 11 is 0. The molecule has 1 fully saturated rings. The van der Waals surface area contributed by atoms with Gasteiger partial charge in [-0.2, -0.15) is 4.98 Å². The molecule has 1 N–H and O–H groups in total. The number of nitrogens with one attached hydrogen (secondary N) is 1. The largest absolute Gasteiger partial charge is 0.339 e. The molecule has 34 heavy (non-hydrogen) atoms. The Hall–Kier alpha value is -3.72. The number of hydrogen-bond acceptors (Lipinski definition) is 5. The molecule has 0 aliphatic carbocycles. The van der Waals surface area contributed by atoms with Crippen LogP contribution in [-0.2, 0) is 27.1 Å². The van der Waals surface area contributed by atoms with Crippen LogP contribution in [0.15, 0.2) is 64.2 Å². The summed E-state index contributed by atoms with van der Waals surface area (Å²) in [5.41, 5.74) is 2.13. The highest BCUT2D eigenvalue weighted by Gasteiger charge is 2.27. The van der Waals surface area contributed by atoms with Crippen molar-refractivity contribution < 1.29 is 4.39 Å². The van der Waals surface area contributed by atoms with E-state index in [1.165, 1.54) is 23.7 Å². The third kappa shape index (κ3) is 4.03. The highest BCUT2D eigenvalue weighted by molar-refractivity contribution is 5.75. The van der Waals surface area contributed by atoms with Gasteiger partial charge in [-0.3, -0.25) is 18.5 Å². The quantitative estimate of drug-likeness (QED) is 0.488. The molecule has 8 nitrogen and oxygen atoms in total. The van der Waals surface area contributed by atoms with Gasteiger partial charge >= 0.3 is 5.69 Å². The topological polar surface area (TPSA) is 77.1 Å². The number of benzene rings is 2. The van der Waals surface area contributed by atoms with Crippen molar-refractivity contribution in [2.75, 3.05) is 24.5 Å². The molecule has 0 saturated carbocycles. The molecule has 1 saturated heterocycles. The Kier molecular flexibility index (Phi) is 5.79. The standard InChI is InChI=1S/C25H27FN6O2/c1-29-22-21(23(33)30(2)25(29)34)32(15-18-6-4-3-5-7-18)24(28-22)31-13-12-27-20(16-31)14-17-8-10-19(26)11-9-17/h3-11,20,27H,12-16H2,1-2H3. The highest BCUT2D eigenvalue weighted by atomic mass is 19.1. The maximum atomic E-state index is 13.3. The van der Waals surface area contributed by atoms with Crippen molar-refractivity contribution in [1.29, 1.82) is 0 Å². The number of halogens is 1. The molecule has 1 aliphatic rings. The van der Waals surface area contributed by atoms with Gasteiger partial charge in [0.05, 0.1) is 6.54 Å². The second-order valence-electron chi connectivity index (χ2n) is 8.79. The molecule has 1 aliphatic heterocycles. The predicted molar refractivity (Wildman–Crippen MR) is 130 cm³/mol. The second-order valence-corrected chi connectivity index (χ2v) is 8.79. The van der Waals surface area contributed by atoms with Crippen LogP contribution in [0.25, 0.3) is 11.2 Å². The molecule has 3 heterocycles. The minimum absolute atomic E-state index is 0.135. The van der Waals surface area contributed by atoms with E-state index in [2.05, 4.69) is 10.2 Å². The van der Waals surface area contributed by atoms with Crippen LogP contribution in [0.4, 0.5) is 10.3 Å². The molecular weight excluding hydrogens is 435 g/mol. The first-order valence-electron chi connectivity index (χ1n) is 11.4. The summed E-state index contributed by atoms with van der Waals surface area (Å²) in [5.74, 6) is 0.423. The summed E-state index contributed by atoms with van der Waals surface area (Å²) in [5, 5.41) is 3.53. The van der Waals surface area contributed by atoms with E-state index in [1.807, 2.05) is 34.9 Å². The number of fused-ring (bicyclic) bond motifs is 1. The molecule has 176 valence electrons. The van der Waals surface area contributed by atoms with Gasteiger partial charge < -0.3 is 10.2 Å². The zero-order valence-electron chi connectivity index (χ0n) is 19.2. The first-order valence-corrected chi connectivity index (χ1v) is 11.4. The predicted octanol–water partition coefficient (Wildman–Crippen LogP) is 1.64. The lowest BCUT2D eigenvalue weighted by Gasteiger charge is -2.34. The number of anilines is 1. The fraction of sp³-hybridized carbons (Fsp3) is 0.320. The molecule has 0 radical (unpaired) electrons. The Morgan fingerprint density at radius 3 is 2.47 bits per heavy atom. The number of nitrogens with zero attached hydrogens (tertiary/aromatic N) is 5. The van der Waals surface area contributed by atoms with E-state index in [9.17, 15) is 14.0 Å². The molecule has 1 atom stereocenters. The van der Waals surface area contributed by atoms with Gasteiger partial charge in [0.2, 0.25) is 5.95 Å². The monoisotopic (exact) mass is 462 g/mol. The van der Waals surface area contributed by atoms with Gasteiger partial charge in [0.25, 0.3) is 5.56 Å². The molecule has 2 aromatic heterocycles. The Morgan fingerprint density at radius 2 is 1.74 bits per heavy atom.